The lowest BCUT2D eigenvalue weighted by atomic mass is 10.3. The van der Waals surface area contributed by atoms with Gasteiger partial charge in [-0.2, -0.15) is 0 Å². The Morgan fingerprint density at radius 1 is 1.21 bits per heavy atom. The van der Waals surface area contributed by atoms with E-state index in [9.17, 15) is 9.90 Å². The second-order valence-electron chi connectivity index (χ2n) is 6.24. The Labute approximate surface area is 165 Å². The van der Waals surface area contributed by atoms with E-state index in [1.165, 1.54) is 10.6 Å². The predicted octanol–water partition coefficient (Wildman–Crippen LogP) is 2.91. The number of hydrogen-bond donors (Lipinski definition) is 1. The van der Waals surface area contributed by atoms with E-state index in [2.05, 4.69) is 9.97 Å². The van der Waals surface area contributed by atoms with Crippen LogP contribution in [-0.2, 0) is 13.2 Å². The summed E-state index contributed by atoms with van der Waals surface area (Å²) in [6, 6.07) is 10.3. The molecule has 0 aromatic carbocycles. The quantitative estimate of drug-likeness (QED) is 0.561. The summed E-state index contributed by atoms with van der Waals surface area (Å²) in [5, 5.41) is 9.93. The van der Waals surface area contributed by atoms with Crippen LogP contribution < -0.4 is 10.3 Å². The van der Waals surface area contributed by atoms with Gasteiger partial charge in [0.15, 0.2) is 0 Å². The van der Waals surface area contributed by atoms with Crippen molar-refractivity contribution in [1.29, 1.82) is 0 Å². The van der Waals surface area contributed by atoms with E-state index >= 15 is 0 Å². The number of fused-ring (bicyclic) bond motifs is 1. The van der Waals surface area contributed by atoms with Crippen LogP contribution in [0.1, 0.15) is 17.1 Å². The van der Waals surface area contributed by atoms with E-state index in [1.807, 2.05) is 29.7 Å². The number of aryl methyl sites for hydroxylation is 1. The highest BCUT2D eigenvalue weighted by atomic mass is 35.5. The lowest BCUT2D eigenvalue weighted by Gasteiger charge is -2.09. The van der Waals surface area contributed by atoms with Gasteiger partial charge in [0.05, 0.1) is 28.7 Å². The standard InChI is InChI=1S/C20H17ClN4O3/c1-13-18(11-26)23-19-5-4-16(10-25(13)19)24-7-6-17(8-20(24)27)28-12-15-3-2-14(21)9-22-15/h2-10,26H,11-12H2,1H3. The van der Waals surface area contributed by atoms with Crippen LogP contribution in [0.15, 0.2) is 59.8 Å². The van der Waals surface area contributed by atoms with Crippen molar-refractivity contribution in [2.45, 2.75) is 20.1 Å². The fourth-order valence-corrected chi connectivity index (χ4v) is 3.02. The third-order valence-electron chi connectivity index (χ3n) is 4.43. The molecule has 0 radical (unpaired) electrons. The Hall–Kier alpha value is -3.16. The van der Waals surface area contributed by atoms with Gasteiger partial charge in [0, 0.05) is 30.4 Å². The van der Waals surface area contributed by atoms with Crippen molar-refractivity contribution < 1.29 is 9.84 Å². The number of rotatable bonds is 5. The molecule has 0 aliphatic heterocycles. The van der Waals surface area contributed by atoms with Gasteiger partial charge in [0.25, 0.3) is 5.56 Å². The van der Waals surface area contributed by atoms with Crippen molar-refractivity contribution in [3.63, 3.8) is 0 Å². The van der Waals surface area contributed by atoms with Crippen LogP contribution in [0.2, 0.25) is 5.02 Å². The second kappa shape index (κ2) is 7.46. The molecule has 4 aromatic heterocycles. The third-order valence-corrected chi connectivity index (χ3v) is 4.66. The summed E-state index contributed by atoms with van der Waals surface area (Å²) in [6.07, 6.45) is 5.03. The summed E-state index contributed by atoms with van der Waals surface area (Å²) in [4.78, 5) is 21.1. The molecular formula is C20H17ClN4O3. The van der Waals surface area contributed by atoms with E-state index in [4.69, 9.17) is 16.3 Å². The maximum atomic E-state index is 12.6. The van der Waals surface area contributed by atoms with Gasteiger partial charge in [-0.3, -0.25) is 14.3 Å². The molecule has 4 aromatic rings. The van der Waals surface area contributed by atoms with Crippen LogP contribution in [0.25, 0.3) is 11.3 Å². The molecule has 0 amide bonds. The van der Waals surface area contributed by atoms with Crippen LogP contribution >= 0.6 is 11.6 Å². The molecule has 1 N–H and O–H groups in total. The zero-order chi connectivity index (χ0) is 19.7. The first-order valence-electron chi connectivity index (χ1n) is 8.60. The SMILES string of the molecule is Cc1c(CO)nc2ccc(-n3ccc(OCc4ccc(Cl)cn4)cc3=O)cn12. The molecular weight excluding hydrogens is 380 g/mol. The van der Waals surface area contributed by atoms with Gasteiger partial charge in [-0.25, -0.2) is 4.98 Å². The van der Waals surface area contributed by atoms with Crippen LogP contribution in [0.4, 0.5) is 0 Å². The highest BCUT2D eigenvalue weighted by Crippen LogP contribution is 2.16. The number of pyridine rings is 3. The Kier molecular flexibility index (Phi) is 4.85. The number of halogens is 1. The number of nitrogens with zero attached hydrogens (tertiary/aromatic N) is 4. The summed E-state index contributed by atoms with van der Waals surface area (Å²) in [6.45, 7) is 1.99. The van der Waals surface area contributed by atoms with Gasteiger partial charge in [0.1, 0.15) is 18.0 Å². The molecule has 0 aliphatic rings. The van der Waals surface area contributed by atoms with Crippen molar-refractivity contribution >= 4 is 17.2 Å². The molecule has 0 spiro atoms. The number of ether oxygens (including phenoxy) is 1. The minimum absolute atomic E-state index is 0.128. The number of imidazole rings is 1. The maximum Gasteiger partial charge on any atom is 0.258 e. The summed E-state index contributed by atoms with van der Waals surface area (Å²) in [5.74, 6) is 0.459. The first-order chi connectivity index (χ1) is 13.5. The minimum Gasteiger partial charge on any atom is -0.487 e. The zero-order valence-electron chi connectivity index (χ0n) is 15.0. The fourth-order valence-electron chi connectivity index (χ4n) is 2.90. The van der Waals surface area contributed by atoms with Crippen molar-refractivity contribution in [2.75, 3.05) is 0 Å². The summed E-state index contributed by atoms with van der Waals surface area (Å²) in [7, 11) is 0. The number of aliphatic hydroxyl groups excluding tert-OH is 1. The molecule has 8 heteroatoms. The molecule has 0 saturated carbocycles. The van der Waals surface area contributed by atoms with Crippen molar-refractivity contribution in [3.8, 4) is 11.4 Å². The zero-order valence-corrected chi connectivity index (χ0v) is 15.8. The molecule has 0 fully saturated rings. The number of hydrogen-bond acceptors (Lipinski definition) is 5. The van der Waals surface area contributed by atoms with E-state index in [0.29, 0.717) is 33.5 Å². The number of aromatic nitrogens is 4. The molecule has 28 heavy (non-hydrogen) atoms. The average Bonchev–Trinajstić information content (AvgIpc) is 3.03. The van der Waals surface area contributed by atoms with E-state index in [1.54, 1.807) is 30.6 Å². The van der Waals surface area contributed by atoms with E-state index in [-0.39, 0.29) is 18.8 Å². The predicted molar refractivity (Wildman–Crippen MR) is 105 cm³/mol. The molecule has 4 rings (SSSR count). The normalized spacial score (nSPS) is 11.1. The van der Waals surface area contributed by atoms with Crippen molar-refractivity contribution in [1.82, 2.24) is 18.9 Å². The Morgan fingerprint density at radius 3 is 2.79 bits per heavy atom. The highest BCUT2D eigenvalue weighted by Gasteiger charge is 2.09. The summed E-state index contributed by atoms with van der Waals surface area (Å²) >= 11 is 5.82. The molecule has 7 nitrogen and oxygen atoms in total. The molecule has 0 bridgehead atoms. The van der Waals surface area contributed by atoms with Gasteiger partial charge in [-0.1, -0.05) is 11.6 Å². The van der Waals surface area contributed by atoms with Gasteiger partial charge in [-0.15, -0.1) is 0 Å². The van der Waals surface area contributed by atoms with Gasteiger partial charge >= 0.3 is 0 Å². The first kappa shape index (κ1) is 18.2. The average molecular weight is 397 g/mol. The lowest BCUT2D eigenvalue weighted by molar-refractivity contribution is 0.276. The van der Waals surface area contributed by atoms with Crippen LogP contribution in [0, 0.1) is 6.92 Å². The van der Waals surface area contributed by atoms with Crippen LogP contribution in [-0.4, -0.2) is 24.0 Å². The largest absolute Gasteiger partial charge is 0.487 e. The molecule has 0 atom stereocenters. The summed E-state index contributed by atoms with van der Waals surface area (Å²) < 4.78 is 9.02. The topological polar surface area (TPSA) is 81.7 Å². The van der Waals surface area contributed by atoms with Gasteiger partial charge < -0.3 is 14.2 Å². The maximum absolute atomic E-state index is 12.6. The minimum atomic E-state index is -0.221. The molecule has 0 saturated heterocycles. The highest BCUT2D eigenvalue weighted by molar-refractivity contribution is 6.30. The van der Waals surface area contributed by atoms with Crippen molar-refractivity contribution in [3.05, 3.63) is 87.4 Å². The lowest BCUT2D eigenvalue weighted by Crippen LogP contribution is -2.17. The first-order valence-corrected chi connectivity index (χ1v) is 8.98. The second-order valence-corrected chi connectivity index (χ2v) is 6.68. The molecule has 0 aliphatic carbocycles. The van der Waals surface area contributed by atoms with Gasteiger partial charge in [0.2, 0.25) is 0 Å². The van der Waals surface area contributed by atoms with Crippen LogP contribution in [0.3, 0.4) is 0 Å². The number of aliphatic hydroxyl groups is 1. The Balaban J connectivity index is 1.59. The van der Waals surface area contributed by atoms with Crippen molar-refractivity contribution in [2.24, 2.45) is 0 Å². The molecule has 0 unspecified atom stereocenters. The molecule has 142 valence electrons. The van der Waals surface area contributed by atoms with E-state index < -0.39 is 0 Å². The summed E-state index contributed by atoms with van der Waals surface area (Å²) in [5.41, 5.74) is 3.35. The van der Waals surface area contributed by atoms with E-state index in [0.717, 1.165) is 5.69 Å². The smallest absolute Gasteiger partial charge is 0.258 e. The fraction of sp³-hybridized carbons (Fsp3) is 0.150. The monoisotopic (exact) mass is 396 g/mol. The van der Waals surface area contributed by atoms with Gasteiger partial charge in [-0.05, 0) is 37.3 Å². The third kappa shape index (κ3) is 3.49. The Morgan fingerprint density at radius 2 is 2.07 bits per heavy atom. The molecule has 4 heterocycles. The Bertz CT molecular complexity index is 1200. The van der Waals surface area contributed by atoms with Crippen LogP contribution in [0.5, 0.6) is 5.75 Å².